The summed E-state index contributed by atoms with van der Waals surface area (Å²) in [5.74, 6) is 0. The highest BCUT2D eigenvalue weighted by Gasteiger charge is 2.05. The Labute approximate surface area is 92.3 Å². The summed E-state index contributed by atoms with van der Waals surface area (Å²) in [6.07, 6.45) is 3.37. The van der Waals surface area contributed by atoms with Crippen molar-refractivity contribution < 1.29 is 0 Å². The van der Waals surface area contributed by atoms with Crippen LogP contribution in [0, 0.1) is 0 Å². The molecule has 0 unspecified atom stereocenters. The lowest BCUT2D eigenvalue weighted by molar-refractivity contribution is 1.33. The predicted octanol–water partition coefficient (Wildman–Crippen LogP) is 4.06. The molecule has 0 fully saturated rings. The van der Waals surface area contributed by atoms with E-state index in [1.807, 2.05) is 24.3 Å². The van der Waals surface area contributed by atoms with Crippen LogP contribution in [0.5, 0.6) is 0 Å². The summed E-state index contributed by atoms with van der Waals surface area (Å²) in [5, 5.41) is 1.34. The van der Waals surface area contributed by atoms with Gasteiger partial charge in [0.2, 0.25) is 0 Å². The molecule has 2 rings (SSSR count). The van der Waals surface area contributed by atoms with E-state index in [-0.39, 0.29) is 0 Å². The van der Waals surface area contributed by atoms with E-state index in [1.54, 1.807) is 18.5 Å². The van der Waals surface area contributed by atoms with Crippen molar-refractivity contribution in [3.8, 4) is 11.1 Å². The van der Waals surface area contributed by atoms with Gasteiger partial charge in [0.1, 0.15) is 0 Å². The summed E-state index contributed by atoms with van der Waals surface area (Å²) in [7, 11) is 0. The molecule has 1 aromatic carbocycles. The van der Waals surface area contributed by atoms with Crippen LogP contribution in [0.4, 0.5) is 0 Å². The van der Waals surface area contributed by atoms with Gasteiger partial charge in [-0.05, 0) is 12.1 Å². The van der Waals surface area contributed by atoms with E-state index < -0.39 is 0 Å². The van der Waals surface area contributed by atoms with Crippen LogP contribution in [0.2, 0.25) is 10.0 Å². The normalized spacial score (nSPS) is 10.1. The number of hydrogen-bond acceptors (Lipinski definition) is 1. The lowest BCUT2D eigenvalue weighted by Crippen LogP contribution is -1.82. The molecule has 3 heteroatoms. The zero-order chi connectivity index (χ0) is 9.97. The van der Waals surface area contributed by atoms with Crippen molar-refractivity contribution >= 4 is 23.2 Å². The van der Waals surface area contributed by atoms with Crippen LogP contribution in [0.3, 0.4) is 0 Å². The van der Waals surface area contributed by atoms with Gasteiger partial charge in [0.25, 0.3) is 0 Å². The van der Waals surface area contributed by atoms with Gasteiger partial charge in [0, 0.05) is 28.5 Å². The van der Waals surface area contributed by atoms with Crippen LogP contribution in [-0.2, 0) is 0 Å². The molecule has 14 heavy (non-hydrogen) atoms. The number of nitrogens with zero attached hydrogens (tertiary/aromatic N) is 1. The maximum atomic E-state index is 6.04. The second-order valence-corrected chi connectivity index (χ2v) is 3.65. The molecule has 0 saturated carbocycles. The van der Waals surface area contributed by atoms with E-state index in [2.05, 4.69) is 4.98 Å². The molecule has 0 aliphatic rings. The molecule has 1 aromatic heterocycles. The standard InChI is InChI=1S/C11H7Cl2N/c12-10-4-2-1-3-8(10)9-7-14-6-5-11(9)13/h1-7H. The van der Waals surface area contributed by atoms with Crippen LogP contribution in [0.15, 0.2) is 42.7 Å². The number of benzene rings is 1. The highest BCUT2D eigenvalue weighted by Crippen LogP contribution is 2.31. The SMILES string of the molecule is Clc1ccccc1-c1cnccc1Cl. The smallest absolute Gasteiger partial charge is 0.0515 e. The molecule has 0 saturated heterocycles. The molecule has 70 valence electrons. The van der Waals surface area contributed by atoms with Gasteiger partial charge in [-0.3, -0.25) is 4.98 Å². The number of halogens is 2. The van der Waals surface area contributed by atoms with Gasteiger partial charge in [0.05, 0.1) is 5.02 Å². The Morgan fingerprint density at radius 2 is 1.57 bits per heavy atom. The molecular formula is C11H7Cl2N. The van der Waals surface area contributed by atoms with Crippen LogP contribution >= 0.6 is 23.2 Å². The quantitative estimate of drug-likeness (QED) is 0.711. The Morgan fingerprint density at radius 3 is 2.29 bits per heavy atom. The Hall–Kier alpha value is -1.05. The van der Waals surface area contributed by atoms with Gasteiger partial charge in [-0.15, -0.1) is 0 Å². The molecule has 0 atom stereocenters. The number of pyridine rings is 1. The van der Waals surface area contributed by atoms with E-state index in [1.165, 1.54) is 0 Å². The fourth-order valence-electron chi connectivity index (χ4n) is 1.26. The van der Waals surface area contributed by atoms with Crippen molar-refractivity contribution in [1.82, 2.24) is 4.98 Å². The van der Waals surface area contributed by atoms with Crippen molar-refractivity contribution in [3.63, 3.8) is 0 Å². The summed E-state index contributed by atoms with van der Waals surface area (Å²) in [4.78, 5) is 4.02. The van der Waals surface area contributed by atoms with Gasteiger partial charge in [-0.2, -0.15) is 0 Å². The average molecular weight is 224 g/mol. The van der Waals surface area contributed by atoms with Crippen molar-refractivity contribution in [3.05, 3.63) is 52.8 Å². The minimum atomic E-state index is 0.660. The van der Waals surface area contributed by atoms with Gasteiger partial charge >= 0.3 is 0 Å². The first kappa shape index (κ1) is 9.50. The zero-order valence-electron chi connectivity index (χ0n) is 7.24. The van der Waals surface area contributed by atoms with Gasteiger partial charge in [-0.1, -0.05) is 41.4 Å². The molecule has 0 bridgehead atoms. The van der Waals surface area contributed by atoms with Crippen LogP contribution in [0.1, 0.15) is 0 Å². The third-order valence-corrected chi connectivity index (χ3v) is 2.59. The zero-order valence-corrected chi connectivity index (χ0v) is 8.76. The fourth-order valence-corrected chi connectivity index (χ4v) is 1.70. The summed E-state index contributed by atoms with van der Waals surface area (Å²) >= 11 is 12.1. The molecule has 1 heterocycles. The Bertz CT molecular complexity index is 411. The fraction of sp³-hybridized carbons (Fsp3) is 0. The monoisotopic (exact) mass is 223 g/mol. The van der Waals surface area contributed by atoms with Crippen molar-refractivity contribution in [2.45, 2.75) is 0 Å². The molecule has 0 aliphatic carbocycles. The third-order valence-electron chi connectivity index (χ3n) is 1.93. The van der Waals surface area contributed by atoms with Gasteiger partial charge in [0.15, 0.2) is 0 Å². The first-order chi connectivity index (χ1) is 6.79. The van der Waals surface area contributed by atoms with Gasteiger partial charge in [-0.25, -0.2) is 0 Å². The molecule has 0 aliphatic heterocycles. The number of hydrogen-bond donors (Lipinski definition) is 0. The predicted molar refractivity (Wildman–Crippen MR) is 59.7 cm³/mol. The van der Waals surface area contributed by atoms with E-state index in [9.17, 15) is 0 Å². The minimum absolute atomic E-state index is 0.660. The highest BCUT2D eigenvalue weighted by molar-refractivity contribution is 6.36. The Kier molecular flexibility index (Phi) is 2.71. The summed E-state index contributed by atoms with van der Waals surface area (Å²) in [6.45, 7) is 0. The molecule has 2 aromatic rings. The third kappa shape index (κ3) is 1.74. The largest absolute Gasteiger partial charge is 0.264 e. The highest BCUT2D eigenvalue weighted by atomic mass is 35.5. The van der Waals surface area contributed by atoms with Crippen molar-refractivity contribution in [2.24, 2.45) is 0 Å². The summed E-state index contributed by atoms with van der Waals surface area (Å²) in [6, 6.07) is 9.31. The van der Waals surface area contributed by atoms with E-state index >= 15 is 0 Å². The van der Waals surface area contributed by atoms with Gasteiger partial charge < -0.3 is 0 Å². The molecule has 1 nitrogen and oxygen atoms in total. The van der Waals surface area contributed by atoms with Crippen molar-refractivity contribution in [1.29, 1.82) is 0 Å². The molecule has 0 amide bonds. The number of aromatic nitrogens is 1. The lowest BCUT2D eigenvalue weighted by Gasteiger charge is -2.04. The van der Waals surface area contributed by atoms with E-state index in [4.69, 9.17) is 23.2 Å². The first-order valence-electron chi connectivity index (χ1n) is 4.13. The van der Waals surface area contributed by atoms with Crippen LogP contribution in [0.25, 0.3) is 11.1 Å². The van der Waals surface area contributed by atoms with E-state index in [0.29, 0.717) is 10.0 Å². The van der Waals surface area contributed by atoms with Crippen LogP contribution < -0.4 is 0 Å². The Balaban J connectivity index is 2.61. The topological polar surface area (TPSA) is 12.9 Å². The van der Waals surface area contributed by atoms with E-state index in [0.717, 1.165) is 11.1 Å². The number of rotatable bonds is 1. The molecule has 0 radical (unpaired) electrons. The Morgan fingerprint density at radius 1 is 0.857 bits per heavy atom. The maximum absolute atomic E-state index is 6.04. The van der Waals surface area contributed by atoms with Crippen molar-refractivity contribution in [2.75, 3.05) is 0 Å². The average Bonchev–Trinajstić information content (AvgIpc) is 2.20. The lowest BCUT2D eigenvalue weighted by atomic mass is 10.1. The molecule has 0 spiro atoms. The summed E-state index contributed by atoms with van der Waals surface area (Å²) in [5.41, 5.74) is 1.77. The second kappa shape index (κ2) is 3.99. The maximum Gasteiger partial charge on any atom is 0.0515 e. The second-order valence-electron chi connectivity index (χ2n) is 2.84. The first-order valence-corrected chi connectivity index (χ1v) is 4.89. The van der Waals surface area contributed by atoms with Crippen LogP contribution in [-0.4, -0.2) is 4.98 Å². The molecule has 0 N–H and O–H groups in total. The summed E-state index contributed by atoms with van der Waals surface area (Å²) < 4.78 is 0. The molecular weight excluding hydrogens is 217 g/mol. The minimum Gasteiger partial charge on any atom is -0.264 e.